The molecule has 0 N–H and O–H groups in total. The van der Waals surface area contributed by atoms with Crippen LogP contribution in [0.5, 0.6) is 0 Å². The Morgan fingerprint density at radius 3 is 2.69 bits per heavy atom. The Bertz CT molecular complexity index is 909. The first-order chi connectivity index (χ1) is 12.7. The Kier molecular flexibility index (Phi) is 4.80. The van der Waals surface area contributed by atoms with E-state index >= 15 is 0 Å². The Hall–Kier alpha value is -2.53. The van der Waals surface area contributed by atoms with Crippen molar-refractivity contribution in [1.82, 2.24) is 9.47 Å². The van der Waals surface area contributed by atoms with Gasteiger partial charge in [0.05, 0.1) is 11.8 Å². The number of fused-ring (bicyclic) bond motifs is 1. The van der Waals surface area contributed by atoms with Crippen LogP contribution in [0.25, 0.3) is 0 Å². The van der Waals surface area contributed by atoms with E-state index in [1.54, 1.807) is 6.07 Å². The molecule has 2 heterocycles. The highest BCUT2D eigenvalue weighted by atomic mass is 32.2. The fourth-order valence-electron chi connectivity index (χ4n) is 3.42. The molecule has 4 rings (SSSR count). The zero-order valence-electron chi connectivity index (χ0n) is 14.2. The Morgan fingerprint density at radius 2 is 1.88 bits per heavy atom. The van der Waals surface area contributed by atoms with Gasteiger partial charge in [0.2, 0.25) is 5.91 Å². The van der Waals surface area contributed by atoms with Crippen molar-refractivity contribution >= 4 is 17.7 Å². The summed E-state index contributed by atoms with van der Waals surface area (Å²) in [6.07, 6.45) is 2.02. The Morgan fingerprint density at radius 1 is 1.04 bits per heavy atom. The lowest BCUT2D eigenvalue weighted by Crippen LogP contribution is -2.43. The molecule has 2 aromatic carbocycles. The van der Waals surface area contributed by atoms with Gasteiger partial charge in [0.25, 0.3) is 0 Å². The van der Waals surface area contributed by atoms with E-state index in [0.717, 1.165) is 22.7 Å². The predicted octanol–water partition coefficient (Wildman–Crippen LogP) is 4.35. The molecule has 26 heavy (non-hydrogen) atoms. The smallest absolute Gasteiger partial charge is 0.233 e. The van der Waals surface area contributed by atoms with E-state index in [-0.39, 0.29) is 17.8 Å². The van der Waals surface area contributed by atoms with Gasteiger partial charge in [0.15, 0.2) is 0 Å². The number of carbonyl (C=O) groups excluding carboxylic acids is 1. The van der Waals surface area contributed by atoms with Crippen LogP contribution in [0.2, 0.25) is 0 Å². The average Bonchev–Trinajstić information content (AvgIpc) is 3.15. The second-order valence-corrected chi connectivity index (χ2v) is 7.32. The van der Waals surface area contributed by atoms with Crippen molar-refractivity contribution in [1.29, 1.82) is 0 Å². The normalized spacial score (nSPS) is 16.3. The number of nitrogens with zero attached hydrogens (tertiary/aromatic N) is 2. The first kappa shape index (κ1) is 16.9. The molecule has 0 bridgehead atoms. The molecule has 1 aliphatic heterocycles. The molecular formula is C21H19FN2OS. The van der Waals surface area contributed by atoms with E-state index in [1.165, 1.54) is 23.9 Å². The minimum atomic E-state index is -0.280. The molecule has 0 aliphatic carbocycles. The molecule has 0 fully saturated rings. The average molecular weight is 366 g/mol. The van der Waals surface area contributed by atoms with Crippen LogP contribution in [0.15, 0.2) is 77.8 Å². The number of hydrogen-bond donors (Lipinski definition) is 0. The number of hydrogen-bond acceptors (Lipinski definition) is 2. The molecule has 3 nitrogen and oxygen atoms in total. The van der Waals surface area contributed by atoms with Gasteiger partial charge in [-0.25, -0.2) is 4.39 Å². The monoisotopic (exact) mass is 366 g/mol. The lowest BCUT2D eigenvalue weighted by Gasteiger charge is -2.37. The highest BCUT2D eigenvalue weighted by Gasteiger charge is 2.32. The summed E-state index contributed by atoms with van der Waals surface area (Å²) in [5, 5.41) is 0. The van der Waals surface area contributed by atoms with Crippen LogP contribution in [-0.2, 0) is 11.3 Å². The van der Waals surface area contributed by atoms with Gasteiger partial charge in [-0.15, -0.1) is 11.8 Å². The maximum absolute atomic E-state index is 13.8. The van der Waals surface area contributed by atoms with Crippen LogP contribution in [0, 0.1) is 5.82 Å². The molecule has 0 saturated carbocycles. The topological polar surface area (TPSA) is 25.2 Å². The summed E-state index contributed by atoms with van der Waals surface area (Å²) in [6.45, 7) is 1.38. The molecule has 5 heteroatoms. The number of aromatic nitrogens is 1. The van der Waals surface area contributed by atoms with Crippen molar-refractivity contribution in [3.63, 3.8) is 0 Å². The van der Waals surface area contributed by atoms with Crippen LogP contribution < -0.4 is 0 Å². The van der Waals surface area contributed by atoms with Crippen molar-refractivity contribution in [3.8, 4) is 0 Å². The van der Waals surface area contributed by atoms with Crippen molar-refractivity contribution in [2.75, 3.05) is 12.3 Å². The molecule has 1 atom stereocenters. The molecule has 1 aromatic heterocycles. The van der Waals surface area contributed by atoms with E-state index in [9.17, 15) is 9.18 Å². The summed E-state index contributed by atoms with van der Waals surface area (Å²) in [5.74, 6) is 0.161. The summed E-state index contributed by atoms with van der Waals surface area (Å²) in [7, 11) is 0. The molecule has 1 aliphatic rings. The molecular weight excluding hydrogens is 347 g/mol. The number of halogens is 1. The second kappa shape index (κ2) is 7.38. The first-order valence-electron chi connectivity index (χ1n) is 8.60. The van der Waals surface area contributed by atoms with Crippen LogP contribution in [0.3, 0.4) is 0 Å². The van der Waals surface area contributed by atoms with Gasteiger partial charge in [-0.1, -0.05) is 30.3 Å². The third kappa shape index (κ3) is 3.40. The predicted molar refractivity (Wildman–Crippen MR) is 102 cm³/mol. The number of benzene rings is 2. The second-order valence-electron chi connectivity index (χ2n) is 6.27. The van der Waals surface area contributed by atoms with Crippen molar-refractivity contribution in [2.24, 2.45) is 0 Å². The zero-order valence-corrected chi connectivity index (χ0v) is 15.0. The van der Waals surface area contributed by atoms with Gasteiger partial charge in [0.1, 0.15) is 5.82 Å². The summed E-state index contributed by atoms with van der Waals surface area (Å²) in [4.78, 5) is 15.9. The number of amides is 1. The molecule has 1 unspecified atom stereocenters. The molecule has 1 amide bonds. The van der Waals surface area contributed by atoms with Crippen molar-refractivity contribution < 1.29 is 9.18 Å². The van der Waals surface area contributed by atoms with Crippen LogP contribution in [-0.4, -0.2) is 27.7 Å². The highest BCUT2D eigenvalue weighted by molar-refractivity contribution is 8.00. The molecule has 0 spiro atoms. The van der Waals surface area contributed by atoms with E-state index in [4.69, 9.17) is 0 Å². The maximum atomic E-state index is 13.8. The van der Waals surface area contributed by atoms with Gasteiger partial charge in [0, 0.05) is 29.9 Å². The van der Waals surface area contributed by atoms with E-state index in [0.29, 0.717) is 12.3 Å². The van der Waals surface area contributed by atoms with Gasteiger partial charge in [-0.2, -0.15) is 0 Å². The summed E-state index contributed by atoms with van der Waals surface area (Å²) in [6, 6.07) is 20.2. The number of rotatable bonds is 4. The van der Waals surface area contributed by atoms with Gasteiger partial charge < -0.3 is 9.47 Å². The minimum Gasteiger partial charge on any atom is -0.348 e. The first-order valence-corrected chi connectivity index (χ1v) is 9.59. The van der Waals surface area contributed by atoms with Crippen molar-refractivity contribution in [2.45, 2.75) is 17.5 Å². The standard InChI is InChI=1S/C21H19FN2OS/c22-17-7-4-6-16(14-17)21-19-10-5-11-23(19)12-13-24(21)20(25)15-26-18-8-2-1-3-9-18/h1-11,14,21H,12-13,15H2. The largest absolute Gasteiger partial charge is 0.348 e. The third-order valence-electron chi connectivity index (χ3n) is 4.63. The summed E-state index contributed by atoms with van der Waals surface area (Å²) >= 11 is 1.53. The Balaban J connectivity index is 1.60. The number of thioether (sulfide) groups is 1. The lowest BCUT2D eigenvalue weighted by molar-refractivity contribution is -0.131. The van der Waals surface area contributed by atoms with E-state index < -0.39 is 0 Å². The molecule has 0 saturated heterocycles. The van der Waals surface area contributed by atoms with Crippen LogP contribution >= 0.6 is 11.8 Å². The van der Waals surface area contributed by atoms with Crippen LogP contribution in [0.4, 0.5) is 4.39 Å². The highest BCUT2D eigenvalue weighted by Crippen LogP contribution is 2.33. The quantitative estimate of drug-likeness (QED) is 0.642. The summed E-state index contributed by atoms with van der Waals surface area (Å²) in [5.41, 5.74) is 1.84. The fourth-order valence-corrected chi connectivity index (χ4v) is 4.23. The van der Waals surface area contributed by atoms with Crippen molar-refractivity contribution in [3.05, 3.63) is 90.0 Å². The molecule has 0 radical (unpaired) electrons. The van der Waals surface area contributed by atoms with E-state index in [2.05, 4.69) is 4.57 Å². The lowest BCUT2D eigenvalue weighted by atomic mass is 10.00. The van der Waals surface area contributed by atoms with Crippen LogP contribution in [0.1, 0.15) is 17.3 Å². The maximum Gasteiger partial charge on any atom is 0.233 e. The van der Waals surface area contributed by atoms with E-state index in [1.807, 2.05) is 59.6 Å². The summed E-state index contributed by atoms with van der Waals surface area (Å²) < 4.78 is 15.9. The Labute approximate surface area is 156 Å². The van der Waals surface area contributed by atoms with Gasteiger partial charge in [-0.05, 0) is 42.0 Å². The third-order valence-corrected chi connectivity index (χ3v) is 5.63. The molecule has 132 valence electrons. The van der Waals surface area contributed by atoms with Gasteiger partial charge in [-0.3, -0.25) is 4.79 Å². The van der Waals surface area contributed by atoms with Gasteiger partial charge >= 0.3 is 0 Å². The fraction of sp³-hybridized carbons (Fsp3) is 0.190. The minimum absolute atomic E-state index is 0.0700. The molecule has 3 aromatic rings. The number of carbonyl (C=O) groups is 1. The SMILES string of the molecule is O=C(CSc1ccccc1)N1CCn2cccc2C1c1cccc(F)c1. The zero-order chi connectivity index (χ0) is 17.9.